The Bertz CT molecular complexity index is 462. The summed E-state index contributed by atoms with van der Waals surface area (Å²) in [5, 5.41) is 6.67. The SMILES string of the molecule is CCn1cc(C(C)(C=O)NC(=O)OC(C)(C)C)cn1. The molecule has 0 spiro atoms. The Balaban J connectivity index is 2.86. The lowest BCUT2D eigenvalue weighted by Gasteiger charge is -2.26. The molecule has 1 rings (SSSR count). The molecule has 0 aliphatic carbocycles. The summed E-state index contributed by atoms with van der Waals surface area (Å²) in [5.41, 5.74) is -1.13. The third-order valence-corrected chi connectivity index (χ3v) is 2.55. The fraction of sp³-hybridized carbons (Fsp3) is 0.615. The summed E-state index contributed by atoms with van der Waals surface area (Å²) in [6.45, 7) is 9.54. The Morgan fingerprint density at radius 1 is 1.47 bits per heavy atom. The van der Waals surface area contributed by atoms with E-state index in [4.69, 9.17) is 4.74 Å². The average molecular weight is 267 g/mol. The molecule has 6 nitrogen and oxygen atoms in total. The summed E-state index contributed by atoms with van der Waals surface area (Å²) >= 11 is 0. The van der Waals surface area contributed by atoms with E-state index in [1.165, 1.54) is 0 Å². The van der Waals surface area contributed by atoms with Gasteiger partial charge in [0, 0.05) is 18.3 Å². The van der Waals surface area contributed by atoms with Crippen LogP contribution in [-0.2, 0) is 21.6 Å². The zero-order valence-corrected chi connectivity index (χ0v) is 12.1. The predicted molar refractivity (Wildman–Crippen MR) is 70.7 cm³/mol. The molecule has 1 amide bonds. The van der Waals surface area contributed by atoms with Crippen molar-refractivity contribution in [3.8, 4) is 0 Å². The maximum atomic E-state index is 11.8. The zero-order valence-electron chi connectivity index (χ0n) is 12.1. The van der Waals surface area contributed by atoms with E-state index < -0.39 is 17.2 Å². The van der Waals surface area contributed by atoms with Gasteiger partial charge in [0.2, 0.25) is 0 Å². The highest BCUT2D eigenvalue weighted by Gasteiger charge is 2.31. The van der Waals surface area contributed by atoms with Gasteiger partial charge >= 0.3 is 6.09 Å². The molecular formula is C13H21N3O3. The third-order valence-electron chi connectivity index (χ3n) is 2.55. The van der Waals surface area contributed by atoms with E-state index >= 15 is 0 Å². The van der Waals surface area contributed by atoms with Crippen molar-refractivity contribution in [2.24, 2.45) is 0 Å². The van der Waals surface area contributed by atoms with Gasteiger partial charge in [0.05, 0.1) is 6.20 Å². The number of alkyl carbamates (subject to hydrolysis) is 1. The second kappa shape index (κ2) is 5.42. The van der Waals surface area contributed by atoms with Gasteiger partial charge in [-0.1, -0.05) is 0 Å². The van der Waals surface area contributed by atoms with Gasteiger partial charge in [-0.3, -0.25) is 4.68 Å². The van der Waals surface area contributed by atoms with Crippen LogP contribution in [0.3, 0.4) is 0 Å². The molecule has 0 aromatic carbocycles. The van der Waals surface area contributed by atoms with E-state index in [1.807, 2.05) is 6.92 Å². The standard InChI is InChI=1S/C13H21N3O3/c1-6-16-8-10(7-14-16)13(5,9-17)15-11(18)19-12(2,3)4/h7-9H,6H2,1-5H3,(H,15,18). The van der Waals surface area contributed by atoms with Crippen molar-refractivity contribution >= 4 is 12.4 Å². The van der Waals surface area contributed by atoms with Gasteiger partial charge in [-0.05, 0) is 34.6 Å². The summed E-state index contributed by atoms with van der Waals surface area (Å²) < 4.78 is 6.84. The number of amides is 1. The van der Waals surface area contributed by atoms with Gasteiger partial charge in [-0.15, -0.1) is 0 Å². The van der Waals surface area contributed by atoms with Gasteiger partial charge in [0.25, 0.3) is 0 Å². The average Bonchev–Trinajstić information content (AvgIpc) is 2.75. The van der Waals surface area contributed by atoms with Crippen molar-refractivity contribution in [3.05, 3.63) is 18.0 Å². The molecule has 0 aliphatic rings. The minimum Gasteiger partial charge on any atom is -0.444 e. The van der Waals surface area contributed by atoms with Crippen molar-refractivity contribution in [1.29, 1.82) is 0 Å². The molecule has 19 heavy (non-hydrogen) atoms. The number of rotatable bonds is 4. The number of ether oxygens (including phenoxy) is 1. The van der Waals surface area contributed by atoms with E-state index in [-0.39, 0.29) is 0 Å². The Hall–Kier alpha value is -1.85. The molecule has 0 aliphatic heterocycles. The number of carbonyl (C=O) groups excluding carboxylic acids is 2. The van der Waals surface area contributed by atoms with Crippen LogP contribution in [0.5, 0.6) is 0 Å². The van der Waals surface area contributed by atoms with E-state index in [9.17, 15) is 9.59 Å². The molecule has 1 aromatic rings. The number of carbonyl (C=O) groups is 2. The number of aldehydes is 1. The van der Waals surface area contributed by atoms with Crippen LogP contribution >= 0.6 is 0 Å². The van der Waals surface area contributed by atoms with Gasteiger partial charge in [-0.2, -0.15) is 5.10 Å². The number of aromatic nitrogens is 2. The smallest absolute Gasteiger partial charge is 0.408 e. The number of nitrogens with zero attached hydrogens (tertiary/aromatic N) is 2. The van der Waals surface area contributed by atoms with Crippen molar-refractivity contribution in [1.82, 2.24) is 15.1 Å². The van der Waals surface area contributed by atoms with Crippen LogP contribution < -0.4 is 5.32 Å². The van der Waals surface area contributed by atoms with E-state index in [1.54, 1.807) is 44.8 Å². The van der Waals surface area contributed by atoms with E-state index in [0.29, 0.717) is 18.4 Å². The lowest BCUT2D eigenvalue weighted by molar-refractivity contribution is -0.113. The normalized spacial score (nSPS) is 14.6. The first-order valence-electron chi connectivity index (χ1n) is 6.20. The van der Waals surface area contributed by atoms with Crippen molar-refractivity contribution < 1.29 is 14.3 Å². The molecule has 1 aromatic heterocycles. The summed E-state index contributed by atoms with van der Waals surface area (Å²) in [7, 11) is 0. The molecular weight excluding hydrogens is 246 g/mol. The van der Waals surface area contributed by atoms with E-state index in [2.05, 4.69) is 10.4 Å². The van der Waals surface area contributed by atoms with Crippen LogP contribution in [0, 0.1) is 0 Å². The third kappa shape index (κ3) is 4.08. The Morgan fingerprint density at radius 3 is 2.53 bits per heavy atom. The van der Waals surface area contributed by atoms with Crippen LogP contribution in [0.25, 0.3) is 0 Å². The van der Waals surface area contributed by atoms with Crippen molar-refractivity contribution in [3.63, 3.8) is 0 Å². The van der Waals surface area contributed by atoms with Crippen molar-refractivity contribution in [2.45, 2.75) is 52.3 Å². The molecule has 0 saturated heterocycles. The Morgan fingerprint density at radius 2 is 2.11 bits per heavy atom. The summed E-state index contributed by atoms with van der Waals surface area (Å²) in [6.07, 6.45) is 3.33. The molecule has 1 heterocycles. The predicted octanol–water partition coefficient (Wildman–Crippen LogP) is 1.84. The van der Waals surface area contributed by atoms with Crippen LogP contribution in [0.4, 0.5) is 4.79 Å². The van der Waals surface area contributed by atoms with Crippen LogP contribution in [0.2, 0.25) is 0 Å². The molecule has 0 saturated carbocycles. The maximum Gasteiger partial charge on any atom is 0.408 e. The first-order valence-corrected chi connectivity index (χ1v) is 6.20. The number of nitrogens with one attached hydrogen (secondary N) is 1. The number of hydrogen-bond donors (Lipinski definition) is 1. The molecule has 0 fully saturated rings. The van der Waals surface area contributed by atoms with Crippen molar-refractivity contribution in [2.75, 3.05) is 0 Å². The molecule has 0 bridgehead atoms. The molecule has 0 radical (unpaired) electrons. The molecule has 106 valence electrons. The lowest BCUT2D eigenvalue weighted by atomic mass is 9.97. The highest BCUT2D eigenvalue weighted by molar-refractivity contribution is 5.77. The van der Waals surface area contributed by atoms with Gasteiger partial charge < -0.3 is 14.8 Å². The first kappa shape index (κ1) is 15.2. The maximum absolute atomic E-state index is 11.8. The van der Waals surface area contributed by atoms with Gasteiger partial charge in [0.1, 0.15) is 17.4 Å². The molecule has 1 atom stereocenters. The highest BCUT2D eigenvalue weighted by Crippen LogP contribution is 2.19. The second-order valence-electron chi connectivity index (χ2n) is 5.53. The topological polar surface area (TPSA) is 73.2 Å². The zero-order chi connectivity index (χ0) is 14.7. The monoisotopic (exact) mass is 267 g/mol. The highest BCUT2D eigenvalue weighted by atomic mass is 16.6. The van der Waals surface area contributed by atoms with Gasteiger partial charge in [0.15, 0.2) is 0 Å². The van der Waals surface area contributed by atoms with Crippen LogP contribution in [0.15, 0.2) is 12.4 Å². The first-order chi connectivity index (χ1) is 8.70. The Labute approximate surface area is 113 Å². The minimum atomic E-state index is -1.14. The molecule has 1 N–H and O–H groups in total. The number of hydrogen-bond acceptors (Lipinski definition) is 4. The quantitative estimate of drug-likeness (QED) is 0.845. The fourth-order valence-electron chi connectivity index (χ4n) is 1.49. The fourth-order valence-corrected chi connectivity index (χ4v) is 1.49. The lowest BCUT2D eigenvalue weighted by Crippen LogP contribution is -2.46. The second-order valence-corrected chi connectivity index (χ2v) is 5.53. The molecule has 1 unspecified atom stereocenters. The largest absolute Gasteiger partial charge is 0.444 e. The van der Waals surface area contributed by atoms with Crippen LogP contribution in [0.1, 0.15) is 40.2 Å². The van der Waals surface area contributed by atoms with Crippen LogP contribution in [-0.4, -0.2) is 27.8 Å². The summed E-state index contributed by atoms with van der Waals surface area (Å²) in [6, 6.07) is 0. The summed E-state index contributed by atoms with van der Waals surface area (Å²) in [4.78, 5) is 23.1. The summed E-state index contributed by atoms with van der Waals surface area (Å²) in [5.74, 6) is 0. The van der Waals surface area contributed by atoms with Gasteiger partial charge in [-0.25, -0.2) is 4.79 Å². The Kier molecular flexibility index (Phi) is 4.34. The van der Waals surface area contributed by atoms with E-state index in [0.717, 1.165) is 0 Å². The number of aryl methyl sites for hydroxylation is 1. The molecule has 6 heteroatoms. The minimum absolute atomic E-state index is 0.610.